The second-order valence-electron chi connectivity index (χ2n) is 2.78. The van der Waals surface area contributed by atoms with Crippen molar-refractivity contribution in [2.45, 2.75) is 32.9 Å². The van der Waals surface area contributed by atoms with Crippen LogP contribution in [0.2, 0.25) is 0 Å². The van der Waals surface area contributed by atoms with Crippen LogP contribution in [-0.4, -0.2) is 11.3 Å². The van der Waals surface area contributed by atoms with Crippen molar-refractivity contribution in [3.63, 3.8) is 0 Å². The molecule has 0 N–H and O–H groups in total. The zero-order valence-corrected chi connectivity index (χ0v) is 7.93. The van der Waals surface area contributed by atoms with Gasteiger partial charge in [-0.2, -0.15) is 0 Å². The maximum atomic E-state index is 2.29. The van der Waals surface area contributed by atoms with E-state index in [1.54, 1.807) is 0 Å². The summed E-state index contributed by atoms with van der Waals surface area (Å²) in [6.07, 6.45) is 1.34. The Kier molecular flexibility index (Phi) is 6.60. The van der Waals surface area contributed by atoms with Crippen molar-refractivity contribution in [3.8, 4) is 0 Å². The Hall–Kier alpha value is 0.720. The Balaban J connectivity index is 0. The van der Waals surface area contributed by atoms with E-state index in [1.165, 1.54) is 6.16 Å². The molecule has 0 nitrogen and oxygen atoms in total. The fourth-order valence-electron chi connectivity index (χ4n) is 0.530. The summed E-state index contributed by atoms with van der Waals surface area (Å²) in [5.41, 5.74) is 0. The molecule has 0 saturated heterocycles. The van der Waals surface area contributed by atoms with Gasteiger partial charge in [0.1, 0.15) is 0 Å². The van der Waals surface area contributed by atoms with Crippen LogP contribution in [0.4, 0.5) is 0 Å². The molecule has 0 bridgehead atoms. The van der Waals surface area contributed by atoms with Crippen LogP contribution in [0.15, 0.2) is 0 Å². The highest BCUT2D eigenvalue weighted by Gasteiger charge is 2.05. The Morgan fingerprint density at radius 2 is 1.62 bits per heavy atom. The lowest BCUT2D eigenvalue weighted by atomic mass is 10.3. The molecule has 0 aromatic rings. The zero-order chi connectivity index (χ0) is 5.91. The summed E-state index contributed by atoms with van der Waals surface area (Å²) < 4.78 is 0. The molecule has 0 fully saturated rings. The molecule has 0 aliphatic heterocycles. The van der Waals surface area contributed by atoms with E-state index < -0.39 is 0 Å². The largest absolute Gasteiger partial charge is 0.147 e. The van der Waals surface area contributed by atoms with Crippen molar-refractivity contribution in [3.05, 3.63) is 0 Å². The molecule has 0 amide bonds. The minimum atomic E-state index is 0. The molecule has 0 saturated carbocycles. The molecule has 0 aliphatic rings. The molecule has 0 heterocycles. The Morgan fingerprint density at radius 1 is 1.25 bits per heavy atom. The lowest BCUT2D eigenvalue weighted by Crippen LogP contribution is -2.04. The van der Waals surface area contributed by atoms with E-state index in [0.29, 0.717) is 5.16 Å². The fraction of sp³-hybridized carbons (Fsp3) is 1.00. The quantitative estimate of drug-likeness (QED) is 0.510. The van der Waals surface area contributed by atoms with Gasteiger partial charge in [-0.1, -0.05) is 27.7 Å². The van der Waals surface area contributed by atoms with Gasteiger partial charge in [0, 0.05) is 0 Å². The summed E-state index contributed by atoms with van der Waals surface area (Å²) in [6.45, 7) is 9.10. The minimum Gasteiger partial charge on any atom is -0.147 e. The topological polar surface area (TPSA) is 0 Å². The highest BCUT2D eigenvalue weighted by Crippen LogP contribution is 2.28. The van der Waals surface area contributed by atoms with Crippen molar-refractivity contribution < 1.29 is 0 Å². The van der Waals surface area contributed by atoms with Gasteiger partial charge in [0.25, 0.3) is 0 Å². The van der Waals surface area contributed by atoms with Crippen LogP contribution in [0, 0.1) is 0 Å². The predicted octanol–water partition coefficient (Wildman–Crippen LogP) is 2.91. The van der Waals surface area contributed by atoms with Crippen LogP contribution in [0.5, 0.6) is 0 Å². The van der Waals surface area contributed by atoms with Gasteiger partial charge >= 0.3 is 0 Å². The molecule has 0 aliphatic carbocycles. The molecule has 0 aromatic carbocycles. The maximum Gasteiger partial charge on any atom is -0.0207 e. The van der Waals surface area contributed by atoms with Gasteiger partial charge in [-0.3, -0.25) is 0 Å². The lowest BCUT2D eigenvalue weighted by molar-refractivity contribution is 0.794. The van der Waals surface area contributed by atoms with Crippen molar-refractivity contribution in [2.75, 3.05) is 6.16 Å². The molecular weight excluding hydrogens is 138 g/mol. The third-order valence-electron chi connectivity index (χ3n) is 0.707. The van der Waals surface area contributed by atoms with Gasteiger partial charge in [-0.15, -0.1) is 21.0 Å². The van der Waals surface area contributed by atoms with E-state index in [4.69, 9.17) is 0 Å². The van der Waals surface area contributed by atoms with Crippen molar-refractivity contribution in [1.82, 2.24) is 0 Å². The van der Waals surface area contributed by atoms with Gasteiger partial charge < -0.3 is 0 Å². The van der Waals surface area contributed by atoms with Gasteiger partial charge in [-0.05, 0) is 11.3 Å². The number of rotatable bonds is 1. The van der Waals surface area contributed by atoms with Gasteiger partial charge in [0.15, 0.2) is 0 Å². The predicted molar refractivity (Wildman–Crippen MR) is 45.9 cm³/mol. The average Bonchev–Trinajstić information content (AvgIpc) is 1.30. The normalized spacial score (nSPS) is 12.0. The third-order valence-corrected chi connectivity index (χ3v) is 2.12. The summed E-state index contributed by atoms with van der Waals surface area (Å²) in [5.74, 6) is 0. The van der Waals surface area contributed by atoms with Crippen molar-refractivity contribution in [1.29, 1.82) is 0 Å². The lowest BCUT2D eigenvalue weighted by Gasteiger charge is -2.15. The summed E-state index contributed by atoms with van der Waals surface area (Å²) >= 11 is 0. The highest BCUT2D eigenvalue weighted by atomic mass is 35.5. The van der Waals surface area contributed by atoms with Crippen LogP contribution in [0.3, 0.4) is 0 Å². The molecule has 2 heteroatoms. The van der Waals surface area contributed by atoms with E-state index in [2.05, 4.69) is 27.7 Å². The Bertz CT molecular complexity index is 47.0. The zero-order valence-electron chi connectivity index (χ0n) is 6.12. The average molecular weight is 155 g/mol. The van der Waals surface area contributed by atoms with Crippen LogP contribution in [0.25, 0.3) is 0 Å². The summed E-state index contributed by atoms with van der Waals surface area (Å²) in [5, 5.41) is 0.578. The summed E-state index contributed by atoms with van der Waals surface area (Å²) in [7, 11) is 1.12. The number of halogens is 1. The third kappa shape index (κ3) is 9.87. The second kappa shape index (κ2) is 4.58. The summed E-state index contributed by atoms with van der Waals surface area (Å²) in [6, 6.07) is 0. The van der Waals surface area contributed by atoms with Gasteiger partial charge in [0.05, 0.1) is 0 Å². The van der Waals surface area contributed by atoms with E-state index in [9.17, 15) is 0 Å². The second-order valence-corrected chi connectivity index (χ2v) is 5.34. The number of hydrogen-bond donors (Lipinski definition) is 0. The van der Waals surface area contributed by atoms with E-state index in [-0.39, 0.29) is 12.4 Å². The maximum absolute atomic E-state index is 2.29. The van der Waals surface area contributed by atoms with Crippen molar-refractivity contribution >= 4 is 21.0 Å². The standard InChI is InChI=1S/C6H15P.ClH/c1-5-7-6(2,3)4;/h7H,5H2,1-4H3;1H. The molecular formula is C6H16ClP. The fourth-order valence-corrected chi connectivity index (χ4v) is 1.59. The van der Waals surface area contributed by atoms with E-state index >= 15 is 0 Å². The Labute approximate surface area is 60.6 Å². The minimum absolute atomic E-state index is 0. The first-order chi connectivity index (χ1) is 3.06. The molecule has 52 valence electrons. The molecule has 1 atom stereocenters. The molecule has 0 spiro atoms. The molecule has 0 aromatic heterocycles. The SMILES string of the molecule is CCPC(C)(C)C.Cl. The monoisotopic (exact) mass is 154 g/mol. The first-order valence-electron chi connectivity index (χ1n) is 2.81. The van der Waals surface area contributed by atoms with Gasteiger partial charge in [-0.25, -0.2) is 0 Å². The van der Waals surface area contributed by atoms with Crippen LogP contribution in [0.1, 0.15) is 27.7 Å². The first kappa shape index (κ1) is 11.5. The molecule has 0 radical (unpaired) electrons. The van der Waals surface area contributed by atoms with Crippen LogP contribution >= 0.6 is 21.0 Å². The van der Waals surface area contributed by atoms with E-state index in [0.717, 1.165) is 8.58 Å². The van der Waals surface area contributed by atoms with E-state index in [1.807, 2.05) is 0 Å². The first-order valence-corrected chi connectivity index (χ1v) is 4.02. The molecule has 0 rings (SSSR count). The van der Waals surface area contributed by atoms with Crippen LogP contribution < -0.4 is 0 Å². The van der Waals surface area contributed by atoms with Gasteiger partial charge in [0.2, 0.25) is 0 Å². The van der Waals surface area contributed by atoms with Crippen LogP contribution in [-0.2, 0) is 0 Å². The smallest absolute Gasteiger partial charge is 0.0207 e. The Morgan fingerprint density at radius 3 is 1.62 bits per heavy atom. The summed E-state index contributed by atoms with van der Waals surface area (Å²) in [4.78, 5) is 0. The molecule has 1 unspecified atom stereocenters. The molecule has 8 heavy (non-hydrogen) atoms. The number of hydrogen-bond acceptors (Lipinski definition) is 0. The van der Waals surface area contributed by atoms with Crippen molar-refractivity contribution in [2.24, 2.45) is 0 Å². The highest BCUT2D eigenvalue weighted by molar-refractivity contribution is 7.39.